The molecule has 4 nitrogen and oxygen atoms in total. The van der Waals surface area contributed by atoms with Crippen LogP contribution in [0.1, 0.15) is 75.6 Å². The minimum Gasteiger partial charge on any atom is -0.352 e. The third kappa shape index (κ3) is 7.23. The Morgan fingerprint density at radius 3 is 2.19 bits per heavy atom. The molecular formula is C27H38N2O2. The van der Waals surface area contributed by atoms with E-state index < -0.39 is 6.04 Å². The van der Waals surface area contributed by atoms with Crippen LogP contribution < -0.4 is 5.32 Å². The van der Waals surface area contributed by atoms with Crippen LogP contribution in [0.25, 0.3) is 0 Å². The summed E-state index contributed by atoms with van der Waals surface area (Å²) in [6, 6.07) is 16.1. The van der Waals surface area contributed by atoms with Crippen molar-refractivity contribution in [3.63, 3.8) is 0 Å². The quantitative estimate of drug-likeness (QED) is 0.559. The third-order valence-corrected chi connectivity index (χ3v) is 6.04. The Hall–Kier alpha value is -2.62. The van der Waals surface area contributed by atoms with Crippen LogP contribution in [0.2, 0.25) is 0 Å². The first-order valence-electron chi connectivity index (χ1n) is 11.5. The molecule has 31 heavy (non-hydrogen) atoms. The summed E-state index contributed by atoms with van der Waals surface area (Å²) < 4.78 is 0. The number of rotatable bonds is 10. The van der Waals surface area contributed by atoms with Crippen LogP contribution in [0.15, 0.2) is 48.5 Å². The molecule has 4 heteroatoms. The molecule has 0 aliphatic heterocycles. The molecule has 0 aliphatic carbocycles. The van der Waals surface area contributed by atoms with E-state index in [0.717, 1.165) is 23.1 Å². The number of amides is 2. The van der Waals surface area contributed by atoms with E-state index in [1.165, 1.54) is 5.56 Å². The summed E-state index contributed by atoms with van der Waals surface area (Å²) in [5.41, 5.74) is 4.64. The molecule has 1 N–H and O–H groups in total. The first kappa shape index (κ1) is 24.6. The average Bonchev–Trinajstić information content (AvgIpc) is 2.76. The van der Waals surface area contributed by atoms with E-state index in [9.17, 15) is 9.59 Å². The molecule has 0 radical (unpaired) electrons. The Morgan fingerprint density at radius 2 is 1.61 bits per heavy atom. The van der Waals surface area contributed by atoms with Crippen LogP contribution in [0, 0.1) is 6.92 Å². The fraction of sp³-hybridized carbons (Fsp3) is 0.481. The van der Waals surface area contributed by atoms with Gasteiger partial charge in [-0.15, -0.1) is 0 Å². The van der Waals surface area contributed by atoms with Crippen molar-refractivity contribution in [2.45, 2.75) is 85.4 Å². The van der Waals surface area contributed by atoms with Crippen molar-refractivity contribution in [1.82, 2.24) is 10.2 Å². The van der Waals surface area contributed by atoms with Gasteiger partial charge in [-0.1, -0.05) is 69.3 Å². The molecule has 0 aliphatic rings. The van der Waals surface area contributed by atoms with Crippen molar-refractivity contribution in [3.05, 3.63) is 70.8 Å². The van der Waals surface area contributed by atoms with Gasteiger partial charge < -0.3 is 10.2 Å². The second-order valence-electron chi connectivity index (χ2n) is 8.84. The lowest BCUT2D eigenvalue weighted by atomic mass is 10.00. The van der Waals surface area contributed by atoms with Crippen LogP contribution in [-0.2, 0) is 22.6 Å². The predicted octanol–water partition coefficient (Wildman–Crippen LogP) is 5.38. The van der Waals surface area contributed by atoms with E-state index in [4.69, 9.17) is 0 Å². The molecule has 0 saturated carbocycles. The van der Waals surface area contributed by atoms with E-state index in [0.29, 0.717) is 25.3 Å². The Balaban J connectivity index is 2.14. The predicted molar refractivity (Wildman–Crippen MR) is 128 cm³/mol. The van der Waals surface area contributed by atoms with Gasteiger partial charge in [0.1, 0.15) is 6.04 Å². The molecule has 2 aromatic carbocycles. The molecule has 0 heterocycles. The van der Waals surface area contributed by atoms with Crippen molar-refractivity contribution < 1.29 is 9.59 Å². The van der Waals surface area contributed by atoms with Crippen molar-refractivity contribution >= 4 is 11.8 Å². The van der Waals surface area contributed by atoms with Crippen molar-refractivity contribution in [3.8, 4) is 0 Å². The van der Waals surface area contributed by atoms with E-state index in [1.807, 2.05) is 52.0 Å². The summed E-state index contributed by atoms with van der Waals surface area (Å²) in [7, 11) is 0. The van der Waals surface area contributed by atoms with Gasteiger partial charge in [0.2, 0.25) is 11.8 Å². The molecule has 0 bridgehead atoms. The first-order chi connectivity index (χ1) is 14.7. The van der Waals surface area contributed by atoms with Crippen molar-refractivity contribution in [2.75, 3.05) is 0 Å². The van der Waals surface area contributed by atoms with Crippen molar-refractivity contribution in [1.29, 1.82) is 0 Å². The summed E-state index contributed by atoms with van der Waals surface area (Å²) >= 11 is 0. The zero-order valence-corrected chi connectivity index (χ0v) is 19.9. The highest BCUT2D eigenvalue weighted by Gasteiger charge is 2.26. The van der Waals surface area contributed by atoms with E-state index in [-0.39, 0.29) is 17.9 Å². The maximum atomic E-state index is 13.3. The molecule has 2 aromatic rings. The smallest absolute Gasteiger partial charge is 0.242 e. The number of hydrogen-bond acceptors (Lipinski definition) is 2. The Kier molecular flexibility index (Phi) is 9.29. The largest absolute Gasteiger partial charge is 0.352 e. The van der Waals surface area contributed by atoms with Gasteiger partial charge in [-0.2, -0.15) is 0 Å². The third-order valence-electron chi connectivity index (χ3n) is 6.04. The van der Waals surface area contributed by atoms with Crippen LogP contribution >= 0.6 is 0 Å². The summed E-state index contributed by atoms with van der Waals surface area (Å²) in [6.07, 6.45) is 1.91. The molecular weight excluding hydrogens is 384 g/mol. The van der Waals surface area contributed by atoms with Crippen LogP contribution in [0.3, 0.4) is 0 Å². The number of carbonyl (C=O) groups is 2. The number of nitrogens with one attached hydrogen (secondary N) is 1. The highest BCUT2D eigenvalue weighted by molar-refractivity contribution is 5.87. The van der Waals surface area contributed by atoms with Gasteiger partial charge in [0.25, 0.3) is 0 Å². The number of nitrogens with zero attached hydrogens (tertiary/aromatic N) is 1. The Morgan fingerprint density at radius 1 is 0.968 bits per heavy atom. The van der Waals surface area contributed by atoms with E-state index in [1.54, 1.807) is 4.90 Å². The molecule has 2 amide bonds. The zero-order valence-electron chi connectivity index (χ0n) is 19.9. The van der Waals surface area contributed by atoms with Crippen LogP contribution in [0.5, 0.6) is 0 Å². The Bertz CT molecular complexity index is 858. The minimum absolute atomic E-state index is 0.00277. The zero-order chi connectivity index (χ0) is 23.0. The number of benzene rings is 2. The summed E-state index contributed by atoms with van der Waals surface area (Å²) in [6.45, 7) is 12.7. The van der Waals surface area contributed by atoms with Gasteiger partial charge in [-0.3, -0.25) is 9.59 Å². The lowest BCUT2D eigenvalue weighted by molar-refractivity contribution is -0.140. The SMILES string of the molecule is CC[C@H](C)NC(=O)[C@@H](C)N(Cc1ccccc1C)C(=O)CCc1ccc(C(C)C)cc1. The maximum Gasteiger partial charge on any atom is 0.242 e. The molecule has 168 valence electrons. The monoisotopic (exact) mass is 422 g/mol. The van der Waals surface area contributed by atoms with Gasteiger partial charge in [0.15, 0.2) is 0 Å². The van der Waals surface area contributed by atoms with Gasteiger partial charge >= 0.3 is 0 Å². The van der Waals surface area contributed by atoms with E-state index >= 15 is 0 Å². The molecule has 0 fully saturated rings. The van der Waals surface area contributed by atoms with Gasteiger partial charge in [0, 0.05) is 19.0 Å². The van der Waals surface area contributed by atoms with Gasteiger partial charge in [-0.25, -0.2) is 0 Å². The molecule has 2 rings (SSSR count). The van der Waals surface area contributed by atoms with Gasteiger partial charge in [0.05, 0.1) is 0 Å². The fourth-order valence-corrected chi connectivity index (χ4v) is 3.48. The number of aryl methyl sites for hydroxylation is 2. The van der Waals surface area contributed by atoms with Crippen LogP contribution in [0.4, 0.5) is 0 Å². The Labute approximate surface area is 188 Å². The van der Waals surface area contributed by atoms with E-state index in [2.05, 4.69) is 43.4 Å². The van der Waals surface area contributed by atoms with Crippen molar-refractivity contribution in [2.24, 2.45) is 0 Å². The van der Waals surface area contributed by atoms with Crippen LogP contribution in [-0.4, -0.2) is 28.8 Å². The summed E-state index contributed by atoms with van der Waals surface area (Å²) in [4.78, 5) is 27.8. The molecule has 0 unspecified atom stereocenters. The highest BCUT2D eigenvalue weighted by Crippen LogP contribution is 2.18. The number of carbonyl (C=O) groups excluding carboxylic acids is 2. The van der Waals surface area contributed by atoms with Gasteiger partial charge in [-0.05, 0) is 61.8 Å². The molecule has 2 atom stereocenters. The first-order valence-corrected chi connectivity index (χ1v) is 11.5. The molecule has 0 aromatic heterocycles. The average molecular weight is 423 g/mol. The molecule has 0 saturated heterocycles. The highest BCUT2D eigenvalue weighted by atomic mass is 16.2. The summed E-state index contributed by atoms with van der Waals surface area (Å²) in [5, 5.41) is 3.02. The lowest BCUT2D eigenvalue weighted by Gasteiger charge is -2.30. The standard InChI is InChI=1S/C27H38N2O2/c1-7-21(5)28-27(31)22(6)29(18-25-11-9-8-10-20(25)4)26(30)17-14-23-12-15-24(16-13-23)19(2)3/h8-13,15-16,19,21-22H,7,14,17-18H2,1-6H3,(H,28,31)/t21-,22+/m0/s1. The fourth-order valence-electron chi connectivity index (χ4n) is 3.48. The molecule has 0 spiro atoms. The maximum absolute atomic E-state index is 13.3. The minimum atomic E-state index is -0.524. The topological polar surface area (TPSA) is 49.4 Å². The number of hydrogen-bond donors (Lipinski definition) is 1. The second-order valence-corrected chi connectivity index (χ2v) is 8.84. The lowest BCUT2D eigenvalue weighted by Crippen LogP contribution is -2.49. The summed E-state index contributed by atoms with van der Waals surface area (Å²) in [5.74, 6) is 0.394. The normalized spacial score (nSPS) is 13.0. The second kappa shape index (κ2) is 11.7.